The van der Waals surface area contributed by atoms with Crippen LogP contribution in [0.3, 0.4) is 0 Å². The van der Waals surface area contributed by atoms with Gasteiger partial charge in [0.15, 0.2) is 0 Å². The molecule has 2 aromatic heterocycles. The lowest BCUT2D eigenvalue weighted by molar-refractivity contribution is -0.130. The maximum atomic E-state index is 12.8. The first-order valence-corrected chi connectivity index (χ1v) is 10.5. The first-order chi connectivity index (χ1) is 14.6. The van der Waals surface area contributed by atoms with Crippen LogP contribution < -0.4 is 5.32 Å². The van der Waals surface area contributed by atoms with Gasteiger partial charge < -0.3 is 14.8 Å². The van der Waals surface area contributed by atoms with Crippen molar-refractivity contribution in [1.29, 1.82) is 0 Å². The van der Waals surface area contributed by atoms with Crippen LogP contribution in [0.25, 0.3) is 33.1 Å². The van der Waals surface area contributed by atoms with Gasteiger partial charge in [0.2, 0.25) is 5.91 Å². The standard InChI is InChI=1S/C24H25N5O/c1-16(24(30)29-10-3-4-11-29)27-19-14-20(23-21(15-19)25-8-9-26-23)18-6-5-17-7-12-28(2)22(17)13-18/h5-9,12-16,27H,3-4,10-11H2,1-2H3. The number of aryl methyl sites for hydroxylation is 1. The molecule has 0 spiro atoms. The number of amides is 1. The minimum Gasteiger partial charge on any atom is -0.374 e. The van der Waals surface area contributed by atoms with Crippen molar-refractivity contribution >= 4 is 33.5 Å². The molecule has 0 saturated carbocycles. The first-order valence-electron chi connectivity index (χ1n) is 10.5. The minimum atomic E-state index is -0.291. The van der Waals surface area contributed by atoms with E-state index in [2.05, 4.69) is 56.4 Å². The van der Waals surface area contributed by atoms with Gasteiger partial charge in [-0.2, -0.15) is 0 Å². The van der Waals surface area contributed by atoms with Gasteiger partial charge in [-0.3, -0.25) is 14.8 Å². The fraction of sp³-hybridized carbons (Fsp3) is 0.292. The Morgan fingerprint density at radius 1 is 1.07 bits per heavy atom. The number of nitrogens with zero attached hydrogens (tertiary/aromatic N) is 4. The molecular formula is C24H25N5O. The Hall–Kier alpha value is -3.41. The topological polar surface area (TPSA) is 63.1 Å². The van der Waals surface area contributed by atoms with Crippen LogP contribution in [0.5, 0.6) is 0 Å². The summed E-state index contributed by atoms with van der Waals surface area (Å²) in [6.45, 7) is 3.64. The van der Waals surface area contributed by atoms with Crippen LogP contribution in [0, 0.1) is 0 Å². The van der Waals surface area contributed by atoms with Gasteiger partial charge in [0.1, 0.15) is 6.04 Å². The van der Waals surface area contributed by atoms with E-state index < -0.39 is 0 Å². The number of hydrogen-bond acceptors (Lipinski definition) is 4. The predicted octanol–water partition coefficient (Wildman–Crippen LogP) is 4.21. The van der Waals surface area contributed by atoms with E-state index in [9.17, 15) is 4.79 Å². The van der Waals surface area contributed by atoms with Crippen LogP contribution in [0.4, 0.5) is 5.69 Å². The van der Waals surface area contributed by atoms with Crippen LogP contribution in [0.2, 0.25) is 0 Å². The third-order valence-electron chi connectivity index (χ3n) is 5.94. The highest BCUT2D eigenvalue weighted by atomic mass is 16.2. The number of carbonyl (C=O) groups excluding carboxylic acids is 1. The van der Waals surface area contributed by atoms with Gasteiger partial charge in [-0.15, -0.1) is 0 Å². The van der Waals surface area contributed by atoms with E-state index in [0.717, 1.165) is 53.8 Å². The van der Waals surface area contributed by atoms with Crippen molar-refractivity contribution < 1.29 is 4.79 Å². The Bertz CT molecular complexity index is 1240. The lowest BCUT2D eigenvalue weighted by atomic mass is 10.0. The number of aromatic nitrogens is 3. The third-order valence-corrected chi connectivity index (χ3v) is 5.94. The Kier molecular flexibility index (Phi) is 4.62. The summed E-state index contributed by atoms with van der Waals surface area (Å²) in [5.41, 5.74) is 5.80. The quantitative estimate of drug-likeness (QED) is 0.558. The van der Waals surface area contributed by atoms with Gasteiger partial charge >= 0.3 is 0 Å². The highest BCUT2D eigenvalue weighted by Gasteiger charge is 2.23. The van der Waals surface area contributed by atoms with Crippen LogP contribution in [0.15, 0.2) is 55.0 Å². The van der Waals surface area contributed by atoms with E-state index in [4.69, 9.17) is 0 Å². The second kappa shape index (κ2) is 7.44. The molecule has 1 unspecified atom stereocenters. The molecule has 1 aliphatic rings. The lowest BCUT2D eigenvalue weighted by Crippen LogP contribution is -2.39. The number of anilines is 1. The Morgan fingerprint density at radius 3 is 2.70 bits per heavy atom. The number of fused-ring (bicyclic) bond motifs is 2. The summed E-state index contributed by atoms with van der Waals surface area (Å²) >= 11 is 0. The van der Waals surface area contributed by atoms with Gasteiger partial charge in [0, 0.05) is 55.5 Å². The second-order valence-corrected chi connectivity index (χ2v) is 8.05. The van der Waals surface area contributed by atoms with Crippen LogP contribution in [-0.2, 0) is 11.8 Å². The second-order valence-electron chi connectivity index (χ2n) is 8.05. The zero-order valence-electron chi connectivity index (χ0n) is 17.3. The van der Waals surface area contributed by atoms with E-state index in [0.29, 0.717) is 0 Å². The molecule has 4 aromatic rings. The third kappa shape index (κ3) is 3.28. The summed E-state index contributed by atoms with van der Waals surface area (Å²) in [6, 6.07) is 12.3. The summed E-state index contributed by atoms with van der Waals surface area (Å²) in [5.74, 6) is 0.151. The molecule has 3 heterocycles. The summed E-state index contributed by atoms with van der Waals surface area (Å²) < 4.78 is 2.12. The van der Waals surface area contributed by atoms with Crippen molar-refractivity contribution in [3.8, 4) is 11.1 Å². The molecule has 152 valence electrons. The molecule has 6 heteroatoms. The van der Waals surface area contributed by atoms with Crippen molar-refractivity contribution in [3.63, 3.8) is 0 Å². The fourth-order valence-corrected chi connectivity index (χ4v) is 4.33. The summed E-state index contributed by atoms with van der Waals surface area (Å²) in [5, 5.41) is 4.60. The first kappa shape index (κ1) is 18.6. The van der Waals surface area contributed by atoms with Crippen LogP contribution in [-0.4, -0.2) is 44.5 Å². The van der Waals surface area contributed by atoms with E-state index in [-0.39, 0.29) is 11.9 Å². The number of hydrogen-bond donors (Lipinski definition) is 1. The molecule has 30 heavy (non-hydrogen) atoms. The van der Waals surface area contributed by atoms with Gasteiger partial charge in [-0.1, -0.05) is 12.1 Å². The molecule has 1 saturated heterocycles. The number of nitrogens with one attached hydrogen (secondary N) is 1. The lowest BCUT2D eigenvalue weighted by Gasteiger charge is -2.22. The number of likely N-dealkylation sites (tertiary alicyclic amines) is 1. The SMILES string of the molecule is CC(Nc1cc(-c2ccc3ccn(C)c3c2)c2nccnc2c1)C(=O)N1CCCC1. The molecular weight excluding hydrogens is 374 g/mol. The molecule has 1 aliphatic heterocycles. The Labute approximate surface area is 175 Å². The van der Waals surface area contributed by atoms with Crippen molar-refractivity contribution in [3.05, 3.63) is 55.0 Å². The maximum Gasteiger partial charge on any atom is 0.244 e. The summed E-state index contributed by atoms with van der Waals surface area (Å²) in [4.78, 5) is 23.8. The van der Waals surface area contributed by atoms with Gasteiger partial charge in [0.25, 0.3) is 0 Å². The van der Waals surface area contributed by atoms with Crippen molar-refractivity contribution in [2.24, 2.45) is 7.05 Å². The van der Waals surface area contributed by atoms with Crippen molar-refractivity contribution in [2.45, 2.75) is 25.8 Å². The van der Waals surface area contributed by atoms with Gasteiger partial charge in [-0.25, -0.2) is 0 Å². The predicted molar refractivity (Wildman–Crippen MR) is 120 cm³/mol. The monoisotopic (exact) mass is 399 g/mol. The van der Waals surface area contributed by atoms with E-state index in [1.807, 2.05) is 24.9 Å². The molecule has 1 N–H and O–H groups in total. The normalized spacial score (nSPS) is 15.1. The fourth-order valence-electron chi connectivity index (χ4n) is 4.33. The minimum absolute atomic E-state index is 0.151. The van der Waals surface area contributed by atoms with Crippen molar-refractivity contribution in [1.82, 2.24) is 19.4 Å². The van der Waals surface area contributed by atoms with E-state index in [1.54, 1.807) is 12.4 Å². The zero-order valence-corrected chi connectivity index (χ0v) is 17.3. The van der Waals surface area contributed by atoms with Gasteiger partial charge in [-0.05, 0) is 55.0 Å². The molecule has 6 nitrogen and oxygen atoms in total. The highest BCUT2D eigenvalue weighted by Crippen LogP contribution is 2.32. The number of rotatable bonds is 4. The number of carbonyl (C=O) groups is 1. The maximum absolute atomic E-state index is 12.8. The average Bonchev–Trinajstić information content (AvgIpc) is 3.43. The van der Waals surface area contributed by atoms with Gasteiger partial charge in [0.05, 0.1) is 11.0 Å². The van der Waals surface area contributed by atoms with Crippen LogP contribution in [0.1, 0.15) is 19.8 Å². The molecule has 1 fully saturated rings. The summed E-state index contributed by atoms with van der Waals surface area (Å²) in [7, 11) is 2.05. The van der Waals surface area contributed by atoms with Crippen LogP contribution >= 0.6 is 0 Å². The molecule has 1 atom stereocenters. The molecule has 0 bridgehead atoms. The molecule has 2 aromatic carbocycles. The van der Waals surface area contributed by atoms with E-state index >= 15 is 0 Å². The smallest absolute Gasteiger partial charge is 0.244 e. The average molecular weight is 399 g/mol. The van der Waals surface area contributed by atoms with Crippen molar-refractivity contribution in [2.75, 3.05) is 18.4 Å². The number of benzene rings is 2. The Balaban J connectivity index is 1.55. The Morgan fingerprint density at radius 2 is 1.87 bits per heavy atom. The molecule has 5 rings (SSSR count). The molecule has 0 aliphatic carbocycles. The largest absolute Gasteiger partial charge is 0.374 e. The van der Waals surface area contributed by atoms with E-state index in [1.165, 1.54) is 10.9 Å². The highest BCUT2D eigenvalue weighted by molar-refractivity contribution is 5.97. The zero-order chi connectivity index (χ0) is 20.7. The summed E-state index contributed by atoms with van der Waals surface area (Å²) in [6.07, 6.45) is 7.68. The molecule has 1 amide bonds. The molecule has 0 radical (unpaired) electrons.